The molecular formula is C12H18ClNOS. The Morgan fingerprint density at radius 1 is 1.50 bits per heavy atom. The van der Waals surface area contributed by atoms with Gasteiger partial charge in [-0.3, -0.25) is 0 Å². The van der Waals surface area contributed by atoms with E-state index in [2.05, 4.69) is 11.6 Å². The van der Waals surface area contributed by atoms with Gasteiger partial charge in [0.25, 0.3) is 0 Å². The monoisotopic (exact) mass is 259 g/mol. The van der Waals surface area contributed by atoms with Crippen LogP contribution in [-0.4, -0.2) is 26.2 Å². The first-order valence-corrected chi connectivity index (χ1v) is 6.99. The van der Waals surface area contributed by atoms with Gasteiger partial charge in [-0.25, -0.2) is 0 Å². The highest BCUT2D eigenvalue weighted by Crippen LogP contribution is 2.29. The zero-order valence-corrected chi connectivity index (χ0v) is 11.5. The van der Waals surface area contributed by atoms with Gasteiger partial charge in [0.1, 0.15) is 5.75 Å². The molecule has 90 valence electrons. The Hall–Kier alpha value is -0.380. The van der Waals surface area contributed by atoms with E-state index in [1.54, 1.807) is 7.11 Å². The Morgan fingerprint density at radius 3 is 2.75 bits per heavy atom. The second-order valence-corrected chi connectivity index (χ2v) is 4.90. The topological polar surface area (TPSA) is 21.3 Å². The third kappa shape index (κ3) is 3.58. The van der Waals surface area contributed by atoms with Gasteiger partial charge in [-0.15, -0.1) is 0 Å². The molecule has 2 nitrogen and oxygen atoms in total. The molecular weight excluding hydrogens is 242 g/mol. The predicted octanol–water partition coefficient (Wildman–Crippen LogP) is 3.36. The number of hydrogen-bond donors (Lipinski definition) is 1. The summed E-state index contributed by atoms with van der Waals surface area (Å²) in [6.07, 6.45) is 3.19. The van der Waals surface area contributed by atoms with Crippen molar-refractivity contribution in [3.05, 3.63) is 28.8 Å². The summed E-state index contributed by atoms with van der Waals surface area (Å²) in [5, 5.41) is 4.06. The number of benzene rings is 1. The van der Waals surface area contributed by atoms with E-state index >= 15 is 0 Å². The van der Waals surface area contributed by atoms with Crippen molar-refractivity contribution < 1.29 is 4.74 Å². The fraction of sp³-hybridized carbons (Fsp3) is 0.500. The molecule has 0 heterocycles. The zero-order chi connectivity index (χ0) is 12.0. The summed E-state index contributed by atoms with van der Waals surface area (Å²) in [6.45, 7) is 0. The SMILES string of the molecule is CNC(CCSC)c1ccc(OC)cc1Cl. The summed E-state index contributed by atoms with van der Waals surface area (Å²) in [6, 6.07) is 6.15. The summed E-state index contributed by atoms with van der Waals surface area (Å²) >= 11 is 8.08. The number of halogens is 1. The maximum atomic E-state index is 6.23. The Balaban J connectivity index is 2.83. The summed E-state index contributed by atoms with van der Waals surface area (Å²) in [5.41, 5.74) is 1.14. The number of ether oxygens (including phenoxy) is 1. The molecule has 0 fully saturated rings. The second kappa shape index (κ2) is 7.05. The summed E-state index contributed by atoms with van der Waals surface area (Å²) < 4.78 is 5.14. The van der Waals surface area contributed by atoms with Gasteiger partial charge in [0.05, 0.1) is 7.11 Å². The van der Waals surface area contributed by atoms with E-state index in [1.807, 2.05) is 37.0 Å². The van der Waals surface area contributed by atoms with E-state index in [4.69, 9.17) is 16.3 Å². The Kier molecular flexibility index (Phi) is 6.03. The highest BCUT2D eigenvalue weighted by Gasteiger charge is 2.12. The molecule has 0 aliphatic carbocycles. The van der Waals surface area contributed by atoms with Crippen LogP contribution in [0.2, 0.25) is 5.02 Å². The first-order chi connectivity index (χ1) is 7.72. The third-order valence-corrected chi connectivity index (χ3v) is 3.51. The second-order valence-electron chi connectivity index (χ2n) is 3.51. The van der Waals surface area contributed by atoms with Crippen LogP contribution in [0, 0.1) is 0 Å². The van der Waals surface area contributed by atoms with Crippen LogP contribution < -0.4 is 10.1 Å². The van der Waals surface area contributed by atoms with Crippen LogP contribution in [-0.2, 0) is 0 Å². The molecule has 0 spiro atoms. The van der Waals surface area contributed by atoms with E-state index in [0.717, 1.165) is 28.5 Å². The Morgan fingerprint density at radius 2 is 2.25 bits per heavy atom. The first kappa shape index (κ1) is 13.7. The van der Waals surface area contributed by atoms with Crippen molar-refractivity contribution in [1.82, 2.24) is 5.32 Å². The van der Waals surface area contributed by atoms with Gasteiger partial charge in [-0.05, 0) is 43.2 Å². The van der Waals surface area contributed by atoms with Gasteiger partial charge in [0.2, 0.25) is 0 Å². The highest BCUT2D eigenvalue weighted by atomic mass is 35.5. The van der Waals surface area contributed by atoms with Crippen LogP contribution in [0.5, 0.6) is 5.75 Å². The molecule has 0 aliphatic rings. The molecule has 1 rings (SSSR count). The molecule has 0 saturated carbocycles. The van der Waals surface area contributed by atoms with Crippen molar-refractivity contribution in [3.63, 3.8) is 0 Å². The van der Waals surface area contributed by atoms with E-state index < -0.39 is 0 Å². The van der Waals surface area contributed by atoms with E-state index in [-0.39, 0.29) is 0 Å². The molecule has 0 bridgehead atoms. The highest BCUT2D eigenvalue weighted by molar-refractivity contribution is 7.98. The van der Waals surface area contributed by atoms with E-state index in [9.17, 15) is 0 Å². The van der Waals surface area contributed by atoms with Crippen molar-refractivity contribution in [2.45, 2.75) is 12.5 Å². The third-order valence-electron chi connectivity index (χ3n) is 2.54. The molecule has 1 aromatic rings. The van der Waals surface area contributed by atoms with Crippen LogP contribution in [0.4, 0.5) is 0 Å². The van der Waals surface area contributed by atoms with Crippen molar-refractivity contribution in [2.75, 3.05) is 26.2 Å². The fourth-order valence-corrected chi connectivity index (χ4v) is 2.38. The fourth-order valence-electron chi connectivity index (χ4n) is 1.61. The average Bonchev–Trinajstić information content (AvgIpc) is 2.31. The number of hydrogen-bond acceptors (Lipinski definition) is 3. The molecule has 0 amide bonds. The summed E-state index contributed by atoms with van der Waals surface area (Å²) in [5.74, 6) is 1.92. The average molecular weight is 260 g/mol. The molecule has 0 radical (unpaired) electrons. The smallest absolute Gasteiger partial charge is 0.120 e. The molecule has 16 heavy (non-hydrogen) atoms. The van der Waals surface area contributed by atoms with Crippen molar-refractivity contribution in [2.24, 2.45) is 0 Å². The number of rotatable bonds is 6. The summed E-state index contributed by atoms with van der Waals surface area (Å²) in [4.78, 5) is 0. The summed E-state index contributed by atoms with van der Waals surface area (Å²) in [7, 11) is 3.61. The molecule has 0 saturated heterocycles. The van der Waals surface area contributed by atoms with Crippen LogP contribution in [0.15, 0.2) is 18.2 Å². The maximum Gasteiger partial charge on any atom is 0.120 e. The standard InChI is InChI=1S/C12H18ClNOS/c1-14-12(6-7-16-3)10-5-4-9(15-2)8-11(10)13/h4-5,8,12,14H,6-7H2,1-3H3. The molecule has 1 atom stereocenters. The number of nitrogens with one attached hydrogen (secondary N) is 1. The first-order valence-electron chi connectivity index (χ1n) is 5.22. The minimum atomic E-state index is 0.311. The van der Waals surface area contributed by atoms with Gasteiger partial charge >= 0.3 is 0 Å². The van der Waals surface area contributed by atoms with Crippen LogP contribution in [0.3, 0.4) is 0 Å². The minimum Gasteiger partial charge on any atom is -0.497 e. The molecule has 0 aliphatic heterocycles. The quantitative estimate of drug-likeness (QED) is 0.847. The Bertz CT molecular complexity index is 333. The number of thioether (sulfide) groups is 1. The lowest BCUT2D eigenvalue weighted by Crippen LogP contribution is -2.17. The Labute approximate surface area is 107 Å². The normalized spacial score (nSPS) is 12.5. The van der Waals surface area contributed by atoms with Gasteiger partial charge in [0.15, 0.2) is 0 Å². The lowest BCUT2D eigenvalue weighted by atomic mass is 10.0. The molecule has 4 heteroatoms. The van der Waals surface area contributed by atoms with Gasteiger partial charge in [0, 0.05) is 11.1 Å². The van der Waals surface area contributed by atoms with Crippen LogP contribution in [0.1, 0.15) is 18.0 Å². The van der Waals surface area contributed by atoms with Crippen molar-refractivity contribution in [1.29, 1.82) is 0 Å². The zero-order valence-electron chi connectivity index (χ0n) is 9.92. The van der Waals surface area contributed by atoms with E-state index in [1.165, 1.54) is 0 Å². The van der Waals surface area contributed by atoms with Crippen LogP contribution in [0.25, 0.3) is 0 Å². The molecule has 0 aromatic heterocycles. The maximum absolute atomic E-state index is 6.23. The van der Waals surface area contributed by atoms with Crippen molar-refractivity contribution >= 4 is 23.4 Å². The van der Waals surface area contributed by atoms with Crippen molar-refractivity contribution in [3.8, 4) is 5.75 Å². The van der Waals surface area contributed by atoms with Gasteiger partial charge in [-0.1, -0.05) is 17.7 Å². The van der Waals surface area contributed by atoms with E-state index in [0.29, 0.717) is 6.04 Å². The van der Waals surface area contributed by atoms with Gasteiger partial charge < -0.3 is 10.1 Å². The lowest BCUT2D eigenvalue weighted by Gasteiger charge is -2.18. The molecule has 1 N–H and O–H groups in total. The molecule has 1 aromatic carbocycles. The minimum absolute atomic E-state index is 0.311. The predicted molar refractivity (Wildman–Crippen MR) is 72.8 cm³/mol. The largest absolute Gasteiger partial charge is 0.497 e. The lowest BCUT2D eigenvalue weighted by molar-refractivity contribution is 0.414. The number of methoxy groups -OCH3 is 1. The molecule has 1 unspecified atom stereocenters. The van der Waals surface area contributed by atoms with Crippen LogP contribution >= 0.6 is 23.4 Å². The van der Waals surface area contributed by atoms with Gasteiger partial charge in [-0.2, -0.15) is 11.8 Å².